The zero-order chi connectivity index (χ0) is 29.9. The minimum absolute atomic E-state index is 0.0703. The molecule has 1 nitrogen and oxygen atoms in total. The first-order chi connectivity index (χ1) is 20.4. The second-order valence-electron chi connectivity index (χ2n) is 11.2. The van der Waals surface area contributed by atoms with Gasteiger partial charge in [0.1, 0.15) is 0 Å². The molecule has 0 fully saturated rings. The van der Waals surface area contributed by atoms with E-state index in [0.29, 0.717) is 29.0 Å². The lowest BCUT2D eigenvalue weighted by Gasteiger charge is -2.23. The summed E-state index contributed by atoms with van der Waals surface area (Å²) in [4.78, 5) is 0. The summed E-state index contributed by atoms with van der Waals surface area (Å²) in [5.41, 5.74) is 2.30. The summed E-state index contributed by atoms with van der Waals surface area (Å²) in [6, 6.07) is 12.5. The average Bonchev–Trinajstić information content (AvgIpc) is 3.01. The van der Waals surface area contributed by atoms with E-state index in [4.69, 9.17) is 4.74 Å². The van der Waals surface area contributed by atoms with Gasteiger partial charge in [-0.25, -0.2) is 13.2 Å². The second kappa shape index (κ2) is 15.8. The number of rotatable bonds is 14. The SMILES string of the molecule is CC=CCCOc1ccc(-c2ccc(-c3ccc(C4=CCC(CCCCCCCC)CC4)c(F)c3F)cc2)c(F)c1F. The summed E-state index contributed by atoms with van der Waals surface area (Å²) in [5, 5.41) is 0. The minimum Gasteiger partial charge on any atom is -0.490 e. The molecular formula is C37H42F4O. The van der Waals surface area contributed by atoms with Gasteiger partial charge in [0.2, 0.25) is 5.82 Å². The lowest BCUT2D eigenvalue weighted by molar-refractivity contribution is 0.301. The van der Waals surface area contributed by atoms with E-state index in [9.17, 15) is 8.78 Å². The number of unbranched alkanes of at least 4 members (excludes halogenated alkanes) is 5. The predicted octanol–water partition coefficient (Wildman–Crippen LogP) is 11.9. The van der Waals surface area contributed by atoms with Crippen LogP contribution in [0.25, 0.3) is 27.8 Å². The first-order valence-corrected chi connectivity index (χ1v) is 15.4. The lowest BCUT2D eigenvalue weighted by Crippen LogP contribution is -2.07. The fraction of sp³-hybridized carbons (Fsp3) is 0.405. The standard InChI is InChI=1S/C37H42F4O/c1-3-5-7-8-9-10-12-26-13-15-27(16-14-26)30-21-22-31(35(39)34(30)38)28-17-19-29(20-18-28)32-23-24-33(37(41)36(32)40)42-25-11-6-4-2/h4,6,15,17-24,26H,3,5,7-14,16,25H2,1-2H3. The van der Waals surface area contributed by atoms with Crippen LogP contribution in [0.3, 0.4) is 0 Å². The van der Waals surface area contributed by atoms with Crippen LogP contribution in [0.1, 0.15) is 90.0 Å². The van der Waals surface area contributed by atoms with E-state index in [1.54, 1.807) is 36.4 Å². The van der Waals surface area contributed by atoms with Crippen molar-refractivity contribution in [1.82, 2.24) is 0 Å². The molecule has 3 aromatic carbocycles. The molecule has 1 atom stereocenters. The molecule has 0 aliphatic heterocycles. The van der Waals surface area contributed by atoms with E-state index in [1.165, 1.54) is 57.1 Å². The maximum Gasteiger partial charge on any atom is 0.201 e. The van der Waals surface area contributed by atoms with Crippen molar-refractivity contribution >= 4 is 5.57 Å². The number of halogens is 4. The summed E-state index contributed by atoms with van der Waals surface area (Å²) in [6.45, 7) is 4.35. The van der Waals surface area contributed by atoms with Crippen molar-refractivity contribution in [2.45, 2.75) is 84.5 Å². The monoisotopic (exact) mass is 578 g/mol. The molecule has 224 valence electrons. The van der Waals surface area contributed by atoms with E-state index in [2.05, 4.69) is 13.0 Å². The Labute approximate surface area is 248 Å². The summed E-state index contributed by atoms with van der Waals surface area (Å²) >= 11 is 0. The quantitative estimate of drug-likeness (QED) is 0.105. The third-order valence-corrected chi connectivity index (χ3v) is 8.25. The van der Waals surface area contributed by atoms with Crippen molar-refractivity contribution < 1.29 is 22.3 Å². The van der Waals surface area contributed by atoms with E-state index < -0.39 is 23.3 Å². The van der Waals surface area contributed by atoms with Crippen molar-refractivity contribution in [2.24, 2.45) is 5.92 Å². The Morgan fingerprint density at radius 2 is 1.33 bits per heavy atom. The van der Waals surface area contributed by atoms with E-state index in [0.717, 1.165) is 24.8 Å². The Bertz CT molecular complexity index is 1370. The highest BCUT2D eigenvalue weighted by atomic mass is 19.2. The van der Waals surface area contributed by atoms with Gasteiger partial charge in [0.15, 0.2) is 23.2 Å². The molecule has 0 bridgehead atoms. The van der Waals surface area contributed by atoms with Gasteiger partial charge in [0.05, 0.1) is 6.61 Å². The van der Waals surface area contributed by atoms with Crippen LogP contribution in [0.15, 0.2) is 66.8 Å². The lowest BCUT2D eigenvalue weighted by atomic mass is 9.83. The Kier molecular flexibility index (Phi) is 11.9. The van der Waals surface area contributed by atoms with Gasteiger partial charge in [0.25, 0.3) is 0 Å². The van der Waals surface area contributed by atoms with Crippen molar-refractivity contribution in [3.63, 3.8) is 0 Å². The Morgan fingerprint density at radius 3 is 1.98 bits per heavy atom. The van der Waals surface area contributed by atoms with Crippen LogP contribution in [0.4, 0.5) is 17.6 Å². The Morgan fingerprint density at radius 1 is 0.738 bits per heavy atom. The van der Waals surface area contributed by atoms with Crippen molar-refractivity contribution in [1.29, 1.82) is 0 Å². The normalized spacial score (nSPS) is 15.3. The molecule has 0 saturated heterocycles. The molecule has 1 unspecified atom stereocenters. The van der Waals surface area contributed by atoms with E-state index in [1.807, 2.05) is 19.1 Å². The van der Waals surface area contributed by atoms with Crippen LogP contribution in [-0.2, 0) is 0 Å². The first kappa shape index (κ1) is 31.6. The number of benzene rings is 3. The fourth-order valence-corrected chi connectivity index (χ4v) is 5.73. The van der Waals surface area contributed by atoms with E-state index in [-0.39, 0.29) is 23.5 Å². The molecule has 1 aliphatic rings. The van der Waals surface area contributed by atoms with E-state index >= 15 is 8.78 Å². The Hall–Kier alpha value is -3.34. The number of ether oxygens (including phenoxy) is 1. The molecule has 5 heteroatoms. The predicted molar refractivity (Wildman–Crippen MR) is 165 cm³/mol. The van der Waals surface area contributed by atoms with Crippen LogP contribution in [0, 0.1) is 29.2 Å². The highest BCUT2D eigenvalue weighted by molar-refractivity contribution is 5.74. The molecule has 0 spiro atoms. The fourth-order valence-electron chi connectivity index (χ4n) is 5.73. The molecule has 0 amide bonds. The number of hydrogen-bond acceptors (Lipinski definition) is 1. The van der Waals surface area contributed by atoms with Crippen LogP contribution in [0.5, 0.6) is 5.75 Å². The molecule has 0 radical (unpaired) electrons. The topological polar surface area (TPSA) is 9.23 Å². The highest BCUT2D eigenvalue weighted by Gasteiger charge is 2.21. The number of hydrogen-bond donors (Lipinski definition) is 0. The van der Waals surface area contributed by atoms with Gasteiger partial charge in [0, 0.05) is 16.7 Å². The Balaban J connectivity index is 1.41. The van der Waals surface area contributed by atoms with Gasteiger partial charge in [-0.1, -0.05) is 106 Å². The van der Waals surface area contributed by atoms with Gasteiger partial charge in [-0.05, 0) is 67.4 Å². The molecule has 42 heavy (non-hydrogen) atoms. The van der Waals surface area contributed by atoms with Gasteiger partial charge >= 0.3 is 0 Å². The van der Waals surface area contributed by atoms with Gasteiger partial charge in [-0.15, -0.1) is 0 Å². The third-order valence-electron chi connectivity index (χ3n) is 8.25. The maximum absolute atomic E-state index is 15.3. The zero-order valence-corrected chi connectivity index (χ0v) is 24.8. The second-order valence-corrected chi connectivity index (χ2v) is 11.2. The van der Waals surface area contributed by atoms with Crippen molar-refractivity contribution in [2.75, 3.05) is 6.61 Å². The first-order valence-electron chi connectivity index (χ1n) is 15.4. The summed E-state index contributed by atoms with van der Waals surface area (Å²) in [6.07, 6.45) is 18.0. The molecule has 4 rings (SSSR count). The summed E-state index contributed by atoms with van der Waals surface area (Å²) < 4.78 is 65.3. The third kappa shape index (κ3) is 7.93. The molecule has 0 N–H and O–H groups in total. The van der Waals surface area contributed by atoms with Crippen molar-refractivity contribution in [3.8, 4) is 28.0 Å². The van der Waals surface area contributed by atoms with Crippen LogP contribution in [0.2, 0.25) is 0 Å². The summed E-state index contributed by atoms with van der Waals surface area (Å²) in [5.74, 6) is -3.32. The van der Waals surface area contributed by atoms with Crippen molar-refractivity contribution in [3.05, 3.63) is 95.6 Å². The zero-order valence-electron chi connectivity index (χ0n) is 24.8. The van der Waals surface area contributed by atoms with Gasteiger partial charge in [-0.2, -0.15) is 4.39 Å². The molecule has 0 heterocycles. The summed E-state index contributed by atoms with van der Waals surface area (Å²) in [7, 11) is 0. The minimum atomic E-state index is -1.05. The van der Waals surface area contributed by atoms with Gasteiger partial charge < -0.3 is 4.74 Å². The van der Waals surface area contributed by atoms with Gasteiger partial charge in [-0.3, -0.25) is 0 Å². The van der Waals surface area contributed by atoms with Crippen LogP contribution < -0.4 is 4.74 Å². The molecule has 1 aliphatic carbocycles. The van der Waals surface area contributed by atoms with Crippen LogP contribution in [-0.4, -0.2) is 6.61 Å². The maximum atomic E-state index is 15.3. The molecule has 0 aromatic heterocycles. The largest absolute Gasteiger partial charge is 0.490 e. The smallest absolute Gasteiger partial charge is 0.201 e. The number of allylic oxidation sites excluding steroid dienone is 3. The molecule has 0 saturated carbocycles. The highest BCUT2D eigenvalue weighted by Crippen LogP contribution is 2.37. The molecular weight excluding hydrogens is 536 g/mol. The molecule has 3 aromatic rings. The van der Waals surface area contributed by atoms with Crippen LogP contribution >= 0.6 is 0 Å². The average molecular weight is 579 g/mol.